The summed E-state index contributed by atoms with van der Waals surface area (Å²) in [5.41, 5.74) is 1.39. The van der Waals surface area contributed by atoms with Gasteiger partial charge < -0.3 is 34.1 Å². The molecule has 3 aromatic rings. The first-order valence-electron chi connectivity index (χ1n) is 14.8. The van der Waals surface area contributed by atoms with Crippen molar-refractivity contribution >= 4 is 23.4 Å². The number of anilines is 3. The van der Waals surface area contributed by atoms with Crippen molar-refractivity contribution < 1.29 is 28.1 Å². The molecule has 0 unspecified atom stereocenters. The van der Waals surface area contributed by atoms with Gasteiger partial charge in [-0.15, -0.1) is 0 Å². The third-order valence-corrected chi connectivity index (χ3v) is 7.44. The Hall–Kier alpha value is -4.81. The average molecular weight is 622 g/mol. The molecule has 13 heteroatoms. The van der Waals surface area contributed by atoms with Crippen LogP contribution in [0, 0.1) is 5.41 Å². The summed E-state index contributed by atoms with van der Waals surface area (Å²) in [6.45, 7) is 13.3. The largest absolute Gasteiger partial charge is 0.501 e. The van der Waals surface area contributed by atoms with Gasteiger partial charge in [0.2, 0.25) is 5.95 Å². The molecule has 4 heterocycles. The van der Waals surface area contributed by atoms with E-state index in [-0.39, 0.29) is 23.7 Å². The predicted octanol–water partition coefficient (Wildman–Crippen LogP) is 5.34. The SMILES string of the molecule is C=C(COc1cnc(Nc2ccc(N3CCC4(CN(C(=O)OC(C)(C)C)C4)C3)c(OCCn3cccn3)c2)nc1)/C(F)=C/OC. The molecule has 0 atom stereocenters. The predicted molar refractivity (Wildman–Crippen MR) is 167 cm³/mol. The van der Waals surface area contributed by atoms with Crippen molar-refractivity contribution in [3.8, 4) is 11.5 Å². The number of aromatic nitrogens is 4. The molecule has 45 heavy (non-hydrogen) atoms. The van der Waals surface area contributed by atoms with Gasteiger partial charge in [0.1, 0.15) is 30.8 Å². The van der Waals surface area contributed by atoms with Crippen LogP contribution in [0.5, 0.6) is 11.5 Å². The van der Waals surface area contributed by atoms with Crippen LogP contribution in [0.15, 0.2) is 73.3 Å². The Kier molecular flexibility index (Phi) is 9.45. The van der Waals surface area contributed by atoms with Gasteiger partial charge in [0.25, 0.3) is 0 Å². The fourth-order valence-corrected chi connectivity index (χ4v) is 5.28. The zero-order valence-electron chi connectivity index (χ0n) is 26.2. The molecule has 2 fully saturated rings. The second kappa shape index (κ2) is 13.4. The summed E-state index contributed by atoms with van der Waals surface area (Å²) in [4.78, 5) is 25.3. The molecule has 1 amide bonds. The zero-order chi connectivity index (χ0) is 32.0. The van der Waals surface area contributed by atoms with Gasteiger partial charge in [-0.1, -0.05) is 6.58 Å². The zero-order valence-corrected chi connectivity index (χ0v) is 26.2. The fraction of sp³-hybridized carbons (Fsp3) is 0.438. The van der Waals surface area contributed by atoms with Crippen LogP contribution in [-0.2, 0) is 16.0 Å². The maximum absolute atomic E-state index is 13.7. The van der Waals surface area contributed by atoms with Crippen LogP contribution in [0.3, 0.4) is 0 Å². The van der Waals surface area contributed by atoms with Crippen molar-refractivity contribution in [1.29, 1.82) is 0 Å². The maximum atomic E-state index is 13.7. The second-order valence-corrected chi connectivity index (χ2v) is 12.3. The minimum atomic E-state index is -0.595. The van der Waals surface area contributed by atoms with Gasteiger partial charge in [0.15, 0.2) is 11.6 Å². The van der Waals surface area contributed by atoms with E-state index in [2.05, 4.69) is 36.6 Å². The van der Waals surface area contributed by atoms with Gasteiger partial charge >= 0.3 is 6.09 Å². The van der Waals surface area contributed by atoms with Crippen molar-refractivity contribution in [2.45, 2.75) is 39.3 Å². The molecule has 12 nitrogen and oxygen atoms in total. The minimum Gasteiger partial charge on any atom is -0.501 e. The molecule has 0 radical (unpaired) electrons. The smallest absolute Gasteiger partial charge is 0.410 e. The lowest BCUT2D eigenvalue weighted by atomic mass is 9.79. The highest BCUT2D eigenvalue weighted by molar-refractivity contribution is 5.71. The van der Waals surface area contributed by atoms with E-state index in [1.54, 1.807) is 11.1 Å². The number of carbonyl (C=O) groups is 1. The number of nitrogens with one attached hydrogen (secondary N) is 1. The summed E-state index contributed by atoms with van der Waals surface area (Å²) < 4.78 is 37.6. The Balaban J connectivity index is 1.24. The molecular formula is C32H40FN7O5. The first-order chi connectivity index (χ1) is 21.5. The van der Waals surface area contributed by atoms with Crippen LogP contribution in [0.25, 0.3) is 0 Å². The van der Waals surface area contributed by atoms with Gasteiger partial charge in [-0.05, 0) is 45.4 Å². The van der Waals surface area contributed by atoms with Gasteiger partial charge in [-0.3, -0.25) is 4.68 Å². The molecule has 1 aromatic carbocycles. The van der Waals surface area contributed by atoms with Gasteiger partial charge in [0.05, 0.1) is 31.7 Å². The highest BCUT2D eigenvalue weighted by atomic mass is 19.1. The number of halogens is 1. The van der Waals surface area contributed by atoms with E-state index in [9.17, 15) is 9.18 Å². The first kappa shape index (κ1) is 31.6. The molecule has 1 N–H and O–H groups in total. The van der Waals surface area contributed by atoms with E-state index in [1.165, 1.54) is 19.5 Å². The third-order valence-electron chi connectivity index (χ3n) is 7.44. The number of nitrogens with zero attached hydrogens (tertiary/aromatic N) is 6. The molecule has 2 saturated heterocycles. The maximum Gasteiger partial charge on any atom is 0.410 e. The van der Waals surface area contributed by atoms with Crippen LogP contribution < -0.4 is 19.7 Å². The molecular weight excluding hydrogens is 581 g/mol. The Labute approximate surface area is 262 Å². The quantitative estimate of drug-likeness (QED) is 0.210. The molecule has 5 rings (SSSR count). The number of ether oxygens (including phenoxy) is 4. The minimum absolute atomic E-state index is 0.0377. The van der Waals surface area contributed by atoms with E-state index in [0.717, 1.165) is 42.9 Å². The van der Waals surface area contributed by atoms with E-state index in [4.69, 9.17) is 14.2 Å². The molecule has 2 aromatic heterocycles. The van der Waals surface area contributed by atoms with Crippen LogP contribution in [0.4, 0.5) is 26.5 Å². The summed E-state index contributed by atoms with van der Waals surface area (Å²) >= 11 is 0. The summed E-state index contributed by atoms with van der Waals surface area (Å²) in [7, 11) is 1.36. The van der Waals surface area contributed by atoms with Crippen molar-refractivity contribution in [3.05, 3.63) is 73.3 Å². The Morgan fingerprint density at radius 2 is 1.96 bits per heavy atom. The lowest BCUT2D eigenvalue weighted by Gasteiger charge is -2.47. The molecule has 0 aliphatic carbocycles. The second-order valence-electron chi connectivity index (χ2n) is 12.3. The first-order valence-corrected chi connectivity index (χ1v) is 14.8. The number of likely N-dealkylation sites (tertiary alicyclic amines) is 1. The number of benzene rings is 1. The Morgan fingerprint density at radius 1 is 1.18 bits per heavy atom. The molecule has 2 aliphatic rings. The van der Waals surface area contributed by atoms with Crippen molar-refractivity contribution in [2.24, 2.45) is 5.41 Å². The standard InChI is InChI=1S/C32H40FN7O5/c1-23(26(33)19-42-5)18-44-25-16-34-29(35-17-25)37-24-7-8-27(28(15-24)43-14-13-40-11-6-10-36-40)38-12-9-32(20-38)21-39(22-32)30(41)45-31(2,3)4/h6-8,10-11,15-17,19H,1,9,12-14,18,20-22H2,2-5H3,(H,34,35,37)/b26-19-. The topological polar surface area (TPSA) is 116 Å². The average Bonchev–Trinajstić information content (AvgIpc) is 3.66. The van der Waals surface area contributed by atoms with Crippen LogP contribution in [0.2, 0.25) is 0 Å². The van der Waals surface area contributed by atoms with Crippen LogP contribution in [0.1, 0.15) is 27.2 Å². The molecule has 240 valence electrons. The summed E-state index contributed by atoms with van der Waals surface area (Å²) in [6, 6.07) is 7.79. The van der Waals surface area contributed by atoms with Crippen molar-refractivity contribution in [3.63, 3.8) is 0 Å². The van der Waals surface area contributed by atoms with Crippen LogP contribution >= 0.6 is 0 Å². The molecule has 0 saturated carbocycles. The number of hydrogen-bond donors (Lipinski definition) is 1. The summed E-state index contributed by atoms with van der Waals surface area (Å²) in [6.07, 6.45) is 8.31. The lowest BCUT2D eigenvalue weighted by Crippen LogP contribution is -2.60. The highest BCUT2D eigenvalue weighted by Crippen LogP contribution is 2.44. The summed E-state index contributed by atoms with van der Waals surface area (Å²) in [5, 5.41) is 7.47. The molecule has 2 aliphatic heterocycles. The molecule has 0 bridgehead atoms. The molecule has 1 spiro atoms. The van der Waals surface area contributed by atoms with E-state index < -0.39 is 11.4 Å². The number of rotatable bonds is 12. The Morgan fingerprint density at radius 3 is 2.64 bits per heavy atom. The highest BCUT2D eigenvalue weighted by Gasteiger charge is 2.50. The van der Waals surface area contributed by atoms with Gasteiger partial charge in [-0.2, -0.15) is 5.10 Å². The van der Waals surface area contributed by atoms with Gasteiger partial charge in [0, 0.05) is 61.3 Å². The number of amides is 1. The van der Waals surface area contributed by atoms with E-state index in [0.29, 0.717) is 37.9 Å². The van der Waals surface area contributed by atoms with E-state index >= 15 is 0 Å². The van der Waals surface area contributed by atoms with Crippen LogP contribution in [-0.4, -0.2) is 82.8 Å². The number of carbonyl (C=O) groups excluding carboxylic acids is 1. The third kappa shape index (κ3) is 8.22. The van der Waals surface area contributed by atoms with Gasteiger partial charge in [-0.25, -0.2) is 19.2 Å². The lowest BCUT2D eigenvalue weighted by molar-refractivity contribution is -0.0266. The number of hydrogen-bond acceptors (Lipinski definition) is 10. The number of methoxy groups -OCH3 is 1. The summed E-state index contributed by atoms with van der Waals surface area (Å²) in [5.74, 6) is 0.854. The monoisotopic (exact) mass is 621 g/mol. The Bertz CT molecular complexity index is 1500. The van der Waals surface area contributed by atoms with E-state index in [1.807, 2.05) is 55.9 Å². The van der Waals surface area contributed by atoms with Crippen molar-refractivity contribution in [1.82, 2.24) is 24.6 Å². The van der Waals surface area contributed by atoms with Crippen molar-refractivity contribution in [2.75, 3.05) is 56.7 Å². The fourth-order valence-electron chi connectivity index (χ4n) is 5.28. The normalized spacial score (nSPS) is 15.9.